The molecule has 6 bridgehead atoms. The quantitative estimate of drug-likeness (QED) is 0.0416. The van der Waals surface area contributed by atoms with Gasteiger partial charge in [0.2, 0.25) is 0 Å². The molecule has 0 saturated carbocycles. The molecule has 6 saturated heterocycles. The molecular formula is C45H96DyN15O18S9. The number of rotatable bonds is 27. The Kier molecular flexibility index (Phi) is 46.1. The second-order valence-electron chi connectivity index (χ2n) is 22.1. The smallest absolute Gasteiger partial charge is 0.771 e. The van der Waals surface area contributed by atoms with Gasteiger partial charge in [0, 0.05) is 236 Å². The van der Waals surface area contributed by atoms with Crippen molar-refractivity contribution < 1.29 is 117 Å². The molecule has 0 amide bonds. The Balaban J connectivity index is 0.000000343. The summed E-state index contributed by atoms with van der Waals surface area (Å²) in [6.07, 6.45) is 0. The fourth-order valence-corrected chi connectivity index (χ4v) is 15.9. The van der Waals surface area contributed by atoms with Crippen LogP contribution in [0.25, 0.3) is 0 Å². The molecule has 1 radical (unpaired) electrons. The fourth-order valence-electron chi connectivity index (χ4n) is 10.7. The molecule has 0 aromatic heterocycles. The molecule has 15 unspecified atom stereocenters. The van der Waals surface area contributed by atoms with Crippen LogP contribution in [0.3, 0.4) is 0 Å². The van der Waals surface area contributed by atoms with Crippen LogP contribution in [0.4, 0.5) is 0 Å². The molecule has 33 nitrogen and oxygen atoms in total. The van der Waals surface area contributed by atoms with Crippen LogP contribution in [0.1, 0.15) is 0 Å². The Bertz CT molecular complexity index is 1850. The molecule has 6 heterocycles. The van der Waals surface area contributed by atoms with Crippen molar-refractivity contribution in [3.63, 3.8) is 0 Å². The van der Waals surface area contributed by atoms with Gasteiger partial charge in [-0.15, -0.1) is 0 Å². The van der Waals surface area contributed by atoms with E-state index in [9.17, 15) is 51.5 Å². The summed E-state index contributed by atoms with van der Waals surface area (Å²) in [6.45, 7) is 28.4. The minimum Gasteiger partial charge on any atom is -0.771 e. The summed E-state index contributed by atoms with van der Waals surface area (Å²) in [6, 6.07) is 0. The zero-order valence-electron chi connectivity index (χ0n) is 50.1. The minimum atomic E-state index is -2.07. The van der Waals surface area contributed by atoms with Crippen molar-refractivity contribution in [1.29, 1.82) is 0 Å². The average molecular weight is 1590 g/mol. The van der Waals surface area contributed by atoms with E-state index in [-0.39, 0.29) is 91.1 Å². The summed E-state index contributed by atoms with van der Waals surface area (Å²) in [5, 5.41) is 0. The first kappa shape index (κ1) is 83.9. The molecule has 88 heavy (non-hydrogen) atoms. The molecule has 0 aromatic carbocycles. The Labute approximate surface area is 573 Å². The van der Waals surface area contributed by atoms with Crippen LogP contribution < -0.4 is 0 Å². The van der Waals surface area contributed by atoms with Gasteiger partial charge in [0.1, 0.15) is 35.3 Å². The van der Waals surface area contributed by atoms with Crippen LogP contribution in [0.2, 0.25) is 0 Å². The van der Waals surface area contributed by atoms with Crippen LogP contribution in [-0.2, 0) is 99.7 Å². The molecule has 523 valence electrons. The molecule has 0 aromatic rings. The van der Waals surface area contributed by atoms with Gasteiger partial charge in [0.25, 0.3) is 0 Å². The van der Waals surface area contributed by atoms with Crippen molar-refractivity contribution in [2.75, 3.05) is 289 Å². The van der Waals surface area contributed by atoms with Gasteiger partial charge in [-0.2, -0.15) is 0 Å². The van der Waals surface area contributed by atoms with Gasteiger partial charge in [0.15, 0.2) is 66.5 Å². The first-order valence-corrected chi connectivity index (χ1v) is 40.3. The van der Waals surface area contributed by atoms with Gasteiger partial charge in [-0.1, -0.05) is 0 Å². The van der Waals surface area contributed by atoms with Crippen molar-refractivity contribution in [1.82, 2.24) is 73.5 Å². The van der Waals surface area contributed by atoms with Crippen molar-refractivity contribution in [3.05, 3.63) is 0 Å². The summed E-state index contributed by atoms with van der Waals surface area (Å²) >= 11 is -18.5. The topological polar surface area (TPSA) is 393 Å². The summed E-state index contributed by atoms with van der Waals surface area (Å²) in [7, 11) is 0. The summed E-state index contributed by atoms with van der Waals surface area (Å²) in [5.74, 6) is -0.647. The number of fused-ring (bicyclic) bond motifs is 9. The van der Waals surface area contributed by atoms with Crippen LogP contribution in [0.5, 0.6) is 0 Å². The molecule has 6 aliphatic heterocycles. The van der Waals surface area contributed by atoms with E-state index < -0.39 is 99.7 Å². The monoisotopic (exact) mass is 1590 g/mol. The Morgan fingerprint density at radius 2 is 0.386 bits per heavy atom. The first-order valence-electron chi connectivity index (χ1n) is 28.9. The van der Waals surface area contributed by atoms with Crippen molar-refractivity contribution in [2.45, 2.75) is 0 Å². The van der Waals surface area contributed by atoms with Gasteiger partial charge in [0.05, 0.1) is 17.6 Å². The zero-order chi connectivity index (χ0) is 63.7. The first-order chi connectivity index (χ1) is 41.4. The van der Waals surface area contributed by atoms with Crippen LogP contribution in [-0.4, -0.2) is 441 Å². The van der Waals surface area contributed by atoms with E-state index in [2.05, 4.69) is 44.1 Å². The van der Waals surface area contributed by atoms with E-state index in [4.69, 9.17) is 27.3 Å². The number of hydrogen-bond acceptors (Lipinski definition) is 27. The molecular weight excluding hydrogens is 1490 g/mol. The van der Waals surface area contributed by atoms with Gasteiger partial charge in [-0.25, -0.2) is 25.3 Å². The maximum Gasteiger partial charge on any atom is 3.00 e. The van der Waals surface area contributed by atoms with Crippen LogP contribution in [0.15, 0.2) is 0 Å². The molecule has 6 N–H and O–H groups in total. The van der Waals surface area contributed by atoms with Gasteiger partial charge < -0.3 is 41.0 Å². The predicted octanol–water partition coefficient (Wildman–Crippen LogP) is -6.84. The molecule has 6 aliphatic rings. The zero-order valence-corrected chi connectivity index (χ0v) is 59.5. The molecule has 6 fully saturated rings. The summed E-state index contributed by atoms with van der Waals surface area (Å²) in [5.41, 5.74) is 0. The molecule has 15 atom stereocenters. The van der Waals surface area contributed by atoms with E-state index >= 15 is 0 Å². The average Bonchev–Trinajstić information content (AvgIpc) is 3.94. The molecule has 43 heteroatoms. The number of hydrogen-bond donors (Lipinski definition) is 6. The van der Waals surface area contributed by atoms with Crippen LogP contribution >= 0.6 is 0 Å². The standard InChI is InChI=1S/3C15H33N5O6S3.Dy/c3*21-27(22)13-19-10-7-16-1-2-17(8-11-19)4-6-18(5-3-16)9-12-20(14-28(23)24)15-29(25)26;/h3*1-15H2,(H,21,22)(H,23,24)(H,25,26);/q;;;+3/p-3. The summed E-state index contributed by atoms with van der Waals surface area (Å²) in [4.78, 5) is 31.5. The summed E-state index contributed by atoms with van der Waals surface area (Å²) < 4.78 is 188. The van der Waals surface area contributed by atoms with Gasteiger partial charge >= 0.3 is 38.2 Å². The third kappa shape index (κ3) is 40.4. The second-order valence-corrected chi connectivity index (χ2v) is 30.1. The normalized spacial score (nSPS) is 28.2. The molecule has 6 rings (SSSR count). The Morgan fingerprint density at radius 3 is 0.523 bits per heavy atom. The van der Waals surface area contributed by atoms with Gasteiger partial charge in [-0.05, 0) is 33.2 Å². The molecule has 0 spiro atoms. The third-order valence-electron chi connectivity index (χ3n) is 15.8. The van der Waals surface area contributed by atoms with Crippen LogP contribution in [0, 0.1) is 38.2 Å². The molecule has 0 aliphatic carbocycles. The van der Waals surface area contributed by atoms with Gasteiger partial charge in [-0.3, -0.25) is 86.1 Å². The maximum absolute atomic E-state index is 11.1. The van der Waals surface area contributed by atoms with Crippen molar-refractivity contribution >= 4 is 99.7 Å². The largest absolute Gasteiger partial charge is 3.00 e. The second kappa shape index (κ2) is 48.4. The SMILES string of the molecule is O=S([O-])CN1CCN2CCN(CCN(CCN(CS(=O)O)CS(=O)O)CC2)CC1.O=S([O-])CN1CCN2CCN(CCN(CCN(CS(=O)O)CS(=O)O)CC2)CC1.O=S([O-])CN1CCN2CCN(CCN(CCN(CS(=O)O)CS(=O)O)CC2)CC1.[Dy+3]. The Hall–Kier alpha value is 1.66. The fraction of sp³-hybridized carbons (Fsp3) is 1.00. The van der Waals surface area contributed by atoms with E-state index in [1.807, 2.05) is 14.7 Å². The van der Waals surface area contributed by atoms with E-state index in [0.29, 0.717) is 39.3 Å². The van der Waals surface area contributed by atoms with Crippen molar-refractivity contribution in [2.24, 2.45) is 0 Å². The van der Waals surface area contributed by atoms with E-state index in [1.54, 1.807) is 14.7 Å². The number of nitrogens with zero attached hydrogens (tertiary/aromatic N) is 15. The van der Waals surface area contributed by atoms with E-state index in [0.717, 1.165) is 196 Å². The Morgan fingerprint density at radius 1 is 0.250 bits per heavy atom. The van der Waals surface area contributed by atoms with E-state index in [1.165, 1.54) is 0 Å². The predicted molar refractivity (Wildman–Crippen MR) is 338 cm³/mol. The minimum absolute atomic E-state index is 0. The van der Waals surface area contributed by atoms with Crippen molar-refractivity contribution in [3.8, 4) is 0 Å². The third-order valence-corrected chi connectivity index (χ3v) is 21.1. The maximum atomic E-state index is 11.1.